The average molecular weight is 199 g/mol. The monoisotopic (exact) mass is 199 g/mol. The van der Waals surface area contributed by atoms with Gasteiger partial charge in [0.2, 0.25) is 0 Å². The lowest BCUT2D eigenvalue weighted by Gasteiger charge is -2.27. The summed E-state index contributed by atoms with van der Waals surface area (Å²) in [7, 11) is 0. The van der Waals surface area contributed by atoms with Crippen molar-refractivity contribution in [2.45, 2.75) is 66.8 Å². The van der Waals surface area contributed by atoms with Crippen molar-refractivity contribution in [1.29, 1.82) is 0 Å². The van der Waals surface area contributed by atoms with Gasteiger partial charge in [-0.15, -0.1) is 0 Å². The van der Waals surface area contributed by atoms with E-state index in [-0.39, 0.29) is 0 Å². The van der Waals surface area contributed by atoms with Crippen molar-refractivity contribution in [3.63, 3.8) is 0 Å². The SMILES string of the molecule is CCNC(CCC(C)(C)C)C(C)CC. The molecule has 1 heteroatoms. The van der Waals surface area contributed by atoms with E-state index in [1.165, 1.54) is 19.3 Å². The van der Waals surface area contributed by atoms with E-state index in [1.54, 1.807) is 0 Å². The molecule has 0 fully saturated rings. The zero-order valence-electron chi connectivity index (χ0n) is 11.0. The van der Waals surface area contributed by atoms with Crippen LogP contribution in [0.5, 0.6) is 0 Å². The molecule has 2 atom stereocenters. The maximum absolute atomic E-state index is 3.61. The quantitative estimate of drug-likeness (QED) is 0.685. The van der Waals surface area contributed by atoms with Crippen LogP contribution in [0.2, 0.25) is 0 Å². The molecule has 0 radical (unpaired) electrons. The van der Waals surface area contributed by atoms with Gasteiger partial charge >= 0.3 is 0 Å². The van der Waals surface area contributed by atoms with Gasteiger partial charge < -0.3 is 5.32 Å². The Morgan fingerprint density at radius 3 is 2.07 bits per heavy atom. The summed E-state index contributed by atoms with van der Waals surface area (Å²) in [6.07, 6.45) is 3.91. The fourth-order valence-corrected chi connectivity index (χ4v) is 1.72. The molecule has 0 aromatic carbocycles. The second-order valence-electron chi connectivity index (χ2n) is 5.65. The number of rotatable bonds is 6. The second kappa shape index (κ2) is 6.44. The summed E-state index contributed by atoms with van der Waals surface area (Å²) in [4.78, 5) is 0. The van der Waals surface area contributed by atoms with Gasteiger partial charge in [0.1, 0.15) is 0 Å². The Kier molecular flexibility index (Phi) is 6.43. The van der Waals surface area contributed by atoms with E-state index in [2.05, 4.69) is 46.9 Å². The van der Waals surface area contributed by atoms with Crippen LogP contribution in [-0.4, -0.2) is 12.6 Å². The van der Waals surface area contributed by atoms with E-state index in [4.69, 9.17) is 0 Å². The van der Waals surface area contributed by atoms with E-state index in [9.17, 15) is 0 Å². The molecule has 0 spiro atoms. The molecule has 1 N–H and O–H groups in total. The van der Waals surface area contributed by atoms with Crippen molar-refractivity contribution in [3.8, 4) is 0 Å². The Bertz CT molecular complexity index is 135. The van der Waals surface area contributed by atoms with E-state index in [0.29, 0.717) is 11.5 Å². The first-order valence-electron chi connectivity index (χ1n) is 6.14. The molecule has 0 aromatic heterocycles. The first-order valence-corrected chi connectivity index (χ1v) is 6.14. The van der Waals surface area contributed by atoms with Gasteiger partial charge in [-0.1, -0.05) is 48.0 Å². The molecule has 0 bridgehead atoms. The first kappa shape index (κ1) is 14.0. The summed E-state index contributed by atoms with van der Waals surface area (Å²) in [5.74, 6) is 0.803. The van der Waals surface area contributed by atoms with E-state index in [1.807, 2.05) is 0 Å². The van der Waals surface area contributed by atoms with E-state index >= 15 is 0 Å². The zero-order chi connectivity index (χ0) is 11.2. The van der Waals surface area contributed by atoms with Gasteiger partial charge in [0.05, 0.1) is 0 Å². The molecule has 0 saturated heterocycles. The largest absolute Gasteiger partial charge is 0.314 e. The van der Waals surface area contributed by atoms with Crippen LogP contribution in [-0.2, 0) is 0 Å². The number of hydrogen-bond donors (Lipinski definition) is 1. The molecule has 0 amide bonds. The van der Waals surface area contributed by atoms with Crippen LogP contribution in [0, 0.1) is 11.3 Å². The van der Waals surface area contributed by atoms with Gasteiger partial charge in [0.15, 0.2) is 0 Å². The van der Waals surface area contributed by atoms with Crippen molar-refractivity contribution < 1.29 is 0 Å². The molecule has 0 saturated carbocycles. The Morgan fingerprint density at radius 2 is 1.71 bits per heavy atom. The number of nitrogens with one attached hydrogen (secondary N) is 1. The third-order valence-corrected chi connectivity index (χ3v) is 3.00. The van der Waals surface area contributed by atoms with Crippen LogP contribution in [0.15, 0.2) is 0 Å². The van der Waals surface area contributed by atoms with Gasteiger partial charge in [0, 0.05) is 6.04 Å². The molecule has 0 aliphatic rings. The molecule has 14 heavy (non-hydrogen) atoms. The highest BCUT2D eigenvalue weighted by Gasteiger charge is 2.18. The zero-order valence-corrected chi connectivity index (χ0v) is 11.0. The van der Waals surface area contributed by atoms with Crippen LogP contribution < -0.4 is 5.32 Å². The summed E-state index contributed by atoms with van der Waals surface area (Å²) in [5.41, 5.74) is 0.473. The van der Waals surface area contributed by atoms with Gasteiger partial charge in [0.25, 0.3) is 0 Å². The van der Waals surface area contributed by atoms with Crippen molar-refractivity contribution in [2.75, 3.05) is 6.54 Å². The average Bonchev–Trinajstić information content (AvgIpc) is 2.09. The third-order valence-electron chi connectivity index (χ3n) is 3.00. The lowest BCUT2D eigenvalue weighted by Crippen LogP contribution is -2.35. The highest BCUT2D eigenvalue weighted by molar-refractivity contribution is 4.75. The van der Waals surface area contributed by atoms with Crippen LogP contribution in [0.3, 0.4) is 0 Å². The molecule has 0 aliphatic heterocycles. The Hall–Kier alpha value is -0.0400. The molecular formula is C13H29N. The smallest absolute Gasteiger partial charge is 0.00926 e. The predicted octanol–water partition coefficient (Wildman–Crippen LogP) is 3.84. The topological polar surface area (TPSA) is 12.0 Å². The maximum atomic E-state index is 3.61. The van der Waals surface area contributed by atoms with Gasteiger partial charge in [-0.3, -0.25) is 0 Å². The minimum Gasteiger partial charge on any atom is -0.314 e. The molecule has 2 unspecified atom stereocenters. The Labute approximate surface area is 90.7 Å². The highest BCUT2D eigenvalue weighted by Crippen LogP contribution is 2.24. The van der Waals surface area contributed by atoms with Gasteiger partial charge in [-0.05, 0) is 30.7 Å². The minimum atomic E-state index is 0.473. The summed E-state index contributed by atoms with van der Waals surface area (Å²) in [5, 5.41) is 3.61. The molecule has 86 valence electrons. The minimum absolute atomic E-state index is 0.473. The van der Waals surface area contributed by atoms with Crippen molar-refractivity contribution >= 4 is 0 Å². The lowest BCUT2D eigenvalue weighted by molar-refractivity contribution is 0.285. The molecule has 0 aliphatic carbocycles. The third kappa shape index (κ3) is 6.42. The van der Waals surface area contributed by atoms with Crippen LogP contribution in [0.25, 0.3) is 0 Å². The van der Waals surface area contributed by atoms with Crippen molar-refractivity contribution in [2.24, 2.45) is 11.3 Å². The second-order valence-corrected chi connectivity index (χ2v) is 5.65. The van der Waals surface area contributed by atoms with Gasteiger partial charge in [-0.2, -0.15) is 0 Å². The fourth-order valence-electron chi connectivity index (χ4n) is 1.72. The summed E-state index contributed by atoms with van der Waals surface area (Å²) in [6.45, 7) is 14.9. The number of hydrogen-bond acceptors (Lipinski definition) is 1. The highest BCUT2D eigenvalue weighted by atomic mass is 14.9. The molecule has 0 heterocycles. The Morgan fingerprint density at radius 1 is 1.14 bits per heavy atom. The summed E-state index contributed by atoms with van der Waals surface area (Å²) in [6, 6.07) is 0.712. The van der Waals surface area contributed by atoms with Crippen LogP contribution in [0.1, 0.15) is 60.8 Å². The summed E-state index contributed by atoms with van der Waals surface area (Å²) >= 11 is 0. The molecule has 1 nitrogen and oxygen atoms in total. The normalized spacial score (nSPS) is 16.7. The van der Waals surface area contributed by atoms with E-state index < -0.39 is 0 Å². The van der Waals surface area contributed by atoms with Gasteiger partial charge in [-0.25, -0.2) is 0 Å². The Balaban J connectivity index is 3.96. The molecular weight excluding hydrogens is 170 g/mol. The summed E-state index contributed by atoms with van der Waals surface area (Å²) < 4.78 is 0. The standard InChI is InChI=1S/C13H29N/c1-7-11(3)12(14-8-2)9-10-13(4,5)6/h11-12,14H,7-10H2,1-6H3. The van der Waals surface area contributed by atoms with Crippen molar-refractivity contribution in [1.82, 2.24) is 5.32 Å². The molecule has 0 aromatic rings. The lowest BCUT2D eigenvalue weighted by atomic mass is 9.85. The van der Waals surface area contributed by atoms with E-state index in [0.717, 1.165) is 12.5 Å². The fraction of sp³-hybridized carbons (Fsp3) is 1.00. The predicted molar refractivity (Wildman–Crippen MR) is 65.6 cm³/mol. The first-order chi connectivity index (χ1) is 6.40. The maximum Gasteiger partial charge on any atom is 0.00926 e. The van der Waals surface area contributed by atoms with Crippen molar-refractivity contribution in [3.05, 3.63) is 0 Å². The van der Waals surface area contributed by atoms with Crippen LogP contribution in [0.4, 0.5) is 0 Å². The van der Waals surface area contributed by atoms with Crippen LogP contribution >= 0.6 is 0 Å². The molecule has 0 rings (SSSR count).